The Balaban J connectivity index is 5.09. The second-order valence-electron chi connectivity index (χ2n) is 4.54. The summed E-state index contributed by atoms with van der Waals surface area (Å²) in [4.78, 5) is 0. The molecule has 8 nitrogen and oxygen atoms in total. The molecular formula is C13H24F4O8P2. The Morgan fingerprint density at radius 1 is 0.778 bits per heavy atom. The molecule has 0 heterocycles. The monoisotopic (exact) mass is 446 g/mol. The van der Waals surface area contributed by atoms with Crippen LogP contribution in [0.3, 0.4) is 0 Å². The van der Waals surface area contributed by atoms with Gasteiger partial charge < -0.3 is 27.6 Å². The minimum absolute atomic E-state index is 0.0993. The average Bonchev–Trinajstić information content (AvgIpc) is 2.58. The Hall–Kier alpha value is -0.480. The van der Waals surface area contributed by atoms with Crippen LogP contribution in [0.5, 0.6) is 0 Å². The smallest absolute Gasteiger partial charge is 0.416 e. The van der Waals surface area contributed by atoms with Gasteiger partial charge in [-0.15, -0.1) is 0 Å². The first kappa shape index (κ1) is 26.5. The molecule has 0 saturated heterocycles. The number of alkyl halides is 2. The molecule has 0 unspecified atom stereocenters. The zero-order valence-corrected chi connectivity index (χ0v) is 17.2. The number of hydrogen-bond acceptors (Lipinski definition) is 8. The van der Waals surface area contributed by atoms with Gasteiger partial charge in [0.25, 0.3) is 5.83 Å². The van der Waals surface area contributed by atoms with E-state index in [1.54, 1.807) is 0 Å². The molecule has 0 rings (SSSR count). The fourth-order valence-corrected chi connectivity index (χ4v) is 4.16. The maximum absolute atomic E-state index is 13.7. The number of hydrogen-bond donors (Lipinski definition) is 0. The number of halogens is 4. The van der Waals surface area contributed by atoms with Crippen molar-refractivity contribution in [3.8, 4) is 0 Å². The Morgan fingerprint density at radius 2 is 1.15 bits per heavy atom. The normalized spacial score (nSPS) is 14.2. The molecule has 0 radical (unpaired) electrons. The summed E-state index contributed by atoms with van der Waals surface area (Å²) in [6, 6.07) is -2.39. The molecular weight excluding hydrogens is 422 g/mol. The quantitative estimate of drug-likeness (QED) is 0.193. The van der Waals surface area contributed by atoms with Crippen molar-refractivity contribution in [2.45, 2.75) is 33.8 Å². The SMILES string of the molecule is CCOP(=O)(CO/C(F)=C(\F)C(F)(F)OCP(=O)(OCC)OCC)OCC. The lowest BCUT2D eigenvalue weighted by molar-refractivity contribution is -0.215. The predicted molar refractivity (Wildman–Crippen MR) is 87.8 cm³/mol. The van der Waals surface area contributed by atoms with Crippen molar-refractivity contribution in [1.82, 2.24) is 0 Å². The third-order valence-electron chi connectivity index (χ3n) is 2.48. The average molecular weight is 446 g/mol. The molecule has 0 saturated carbocycles. The fraction of sp³-hybridized carbons (Fsp3) is 0.846. The van der Waals surface area contributed by atoms with E-state index in [1.807, 2.05) is 0 Å². The van der Waals surface area contributed by atoms with E-state index in [0.717, 1.165) is 0 Å². The van der Waals surface area contributed by atoms with Crippen LogP contribution in [-0.2, 0) is 36.7 Å². The van der Waals surface area contributed by atoms with E-state index in [0.29, 0.717) is 0 Å². The van der Waals surface area contributed by atoms with Crippen LogP contribution >= 0.6 is 15.2 Å². The lowest BCUT2D eigenvalue weighted by Gasteiger charge is -2.21. The van der Waals surface area contributed by atoms with Crippen LogP contribution in [0.4, 0.5) is 17.6 Å². The van der Waals surface area contributed by atoms with Gasteiger partial charge in [-0.25, -0.2) is 0 Å². The van der Waals surface area contributed by atoms with Crippen LogP contribution in [0.15, 0.2) is 11.8 Å². The summed E-state index contributed by atoms with van der Waals surface area (Å²) in [6.07, 6.45) is -7.31. The summed E-state index contributed by atoms with van der Waals surface area (Å²) < 4.78 is 105. The Morgan fingerprint density at radius 3 is 1.52 bits per heavy atom. The molecule has 14 heteroatoms. The first-order valence-electron chi connectivity index (χ1n) is 7.95. The maximum atomic E-state index is 13.7. The Bertz CT molecular complexity index is 553. The van der Waals surface area contributed by atoms with Crippen molar-refractivity contribution < 1.29 is 54.3 Å². The van der Waals surface area contributed by atoms with Crippen LogP contribution < -0.4 is 0 Å². The minimum atomic E-state index is -4.84. The molecule has 27 heavy (non-hydrogen) atoms. The van der Waals surface area contributed by atoms with Crippen molar-refractivity contribution >= 4 is 15.2 Å². The summed E-state index contributed by atoms with van der Waals surface area (Å²) in [6.45, 7) is 5.26. The Labute approximate surface area is 155 Å². The molecule has 0 atom stereocenters. The van der Waals surface area contributed by atoms with Gasteiger partial charge in [-0.2, -0.15) is 17.6 Å². The third-order valence-corrected chi connectivity index (χ3v) is 5.98. The molecule has 0 aliphatic rings. The Kier molecular flexibility index (Phi) is 11.9. The molecule has 0 aromatic rings. The summed E-state index contributed by atoms with van der Waals surface area (Å²) >= 11 is 0. The second-order valence-corrected chi connectivity index (χ2v) is 8.54. The van der Waals surface area contributed by atoms with Gasteiger partial charge in [0.05, 0.1) is 26.4 Å². The van der Waals surface area contributed by atoms with E-state index in [9.17, 15) is 26.7 Å². The molecule has 0 aliphatic carbocycles. The lowest BCUT2D eigenvalue weighted by atomic mass is 10.5. The largest absolute Gasteiger partial charge is 0.456 e. The molecule has 162 valence electrons. The molecule has 0 spiro atoms. The minimum Gasteiger partial charge on any atom is -0.456 e. The van der Waals surface area contributed by atoms with Gasteiger partial charge in [-0.3, -0.25) is 9.13 Å². The molecule has 0 aromatic heterocycles. The maximum Gasteiger partial charge on any atom is 0.416 e. The van der Waals surface area contributed by atoms with Crippen LogP contribution in [-0.4, -0.2) is 45.2 Å². The van der Waals surface area contributed by atoms with Crippen molar-refractivity contribution in [3.05, 3.63) is 11.8 Å². The van der Waals surface area contributed by atoms with Crippen molar-refractivity contribution in [2.75, 3.05) is 39.1 Å². The van der Waals surface area contributed by atoms with Gasteiger partial charge >= 0.3 is 27.3 Å². The van der Waals surface area contributed by atoms with E-state index in [-0.39, 0.29) is 26.4 Å². The second kappa shape index (κ2) is 12.2. The molecule has 0 N–H and O–H groups in total. The van der Waals surface area contributed by atoms with Gasteiger partial charge in [0.15, 0.2) is 12.7 Å². The third kappa shape index (κ3) is 9.51. The molecule has 0 bridgehead atoms. The van der Waals surface area contributed by atoms with Crippen molar-refractivity contribution in [2.24, 2.45) is 0 Å². The molecule has 0 aliphatic heterocycles. The van der Waals surface area contributed by atoms with E-state index < -0.39 is 45.8 Å². The van der Waals surface area contributed by atoms with E-state index >= 15 is 0 Å². The van der Waals surface area contributed by atoms with Crippen LogP contribution in [0.2, 0.25) is 0 Å². The highest BCUT2D eigenvalue weighted by Gasteiger charge is 2.44. The van der Waals surface area contributed by atoms with Gasteiger partial charge in [0.2, 0.25) is 0 Å². The van der Waals surface area contributed by atoms with Crippen molar-refractivity contribution in [1.29, 1.82) is 0 Å². The first-order valence-corrected chi connectivity index (χ1v) is 11.4. The highest BCUT2D eigenvalue weighted by atomic mass is 31.2. The van der Waals surface area contributed by atoms with Gasteiger partial charge in [0.1, 0.15) is 0 Å². The summed E-state index contributed by atoms with van der Waals surface area (Å²) in [5.41, 5.74) is 0. The molecule has 0 amide bonds. The van der Waals surface area contributed by atoms with Gasteiger partial charge in [0, 0.05) is 0 Å². The van der Waals surface area contributed by atoms with Gasteiger partial charge in [-0.05, 0) is 27.7 Å². The standard InChI is InChI=1S/C13H24F4O8P2/c1-5-22-26(18,23-6-2)9-20-12(15)11(14)13(16,17)21-10-27(19,24-7-3)25-8-4/h5-10H2,1-4H3/b12-11-. The lowest BCUT2D eigenvalue weighted by Crippen LogP contribution is -2.24. The molecule has 0 aromatic carbocycles. The zero-order valence-electron chi connectivity index (χ0n) is 15.4. The summed E-state index contributed by atoms with van der Waals surface area (Å²) in [7, 11) is -8.04. The predicted octanol–water partition coefficient (Wildman–Crippen LogP) is 5.17. The van der Waals surface area contributed by atoms with Crippen LogP contribution in [0.25, 0.3) is 0 Å². The summed E-state index contributed by atoms with van der Waals surface area (Å²) in [5, 5.41) is 0. The highest BCUT2D eigenvalue weighted by Crippen LogP contribution is 2.50. The van der Waals surface area contributed by atoms with E-state index in [1.165, 1.54) is 27.7 Å². The number of rotatable bonds is 15. The summed E-state index contributed by atoms with van der Waals surface area (Å²) in [5.74, 6) is -2.75. The topological polar surface area (TPSA) is 89.5 Å². The number of ether oxygens (including phenoxy) is 2. The van der Waals surface area contributed by atoms with Crippen LogP contribution in [0, 0.1) is 0 Å². The molecule has 0 fully saturated rings. The van der Waals surface area contributed by atoms with E-state index in [2.05, 4.69) is 9.47 Å². The van der Waals surface area contributed by atoms with Crippen molar-refractivity contribution in [3.63, 3.8) is 0 Å². The zero-order chi connectivity index (χ0) is 21.1. The van der Waals surface area contributed by atoms with Crippen LogP contribution in [0.1, 0.15) is 27.7 Å². The first-order chi connectivity index (χ1) is 12.5. The fourth-order valence-electron chi connectivity index (χ4n) is 1.55. The van der Waals surface area contributed by atoms with Gasteiger partial charge in [-0.1, -0.05) is 0 Å². The van der Waals surface area contributed by atoms with E-state index in [4.69, 9.17) is 18.1 Å². The highest BCUT2D eigenvalue weighted by molar-refractivity contribution is 7.53.